The van der Waals surface area contributed by atoms with E-state index in [0.717, 1.165) is 0 Å². The van der Waals surface area contributed by atoms with Crippen molar-refractivity contribution in [2.75, 3.05) is 7.05 Å². The van der Waals surface area contributed by atoms with E-state index in [4.69, 9.17) is 17.0 Å². The summed E-state index contributed by atoms with van der Waals surface area (Å²) in [4.78, 5) is 21.6. The Kier molecular flexibility index (Phi) is 3.96. The maximum absolute atomic E-state index is 11.5. The molecule has 1 aromatic rings. The molecule has 0 aromatic heterocycles. The third-order valence-corrected chi connectivity index (χ3v) is 2.04. The zero-order valence-corrected chi connectivity index (χ0v) is 9.15. The summed E-state index contributed by atoms with van der Waals surface area (Å²) >= 11 is 5.66. The van der Waals surface area contributed by atoms with E-state index < -0.39 is 11.9 Å². The Morgan fingerprint density at radius 1 is 1.44 bits per heavy atom. The summed E-state index contributed by atoms with van der Waals surface area (Å²) in [5.41, 5.74) is 0.341. The zero-order chi connectivity index (χ0) is 12.1. The van der Waals surface area contributed by atoms with Gasteiger partial charge in [-0.1, -0.05) is 11.6 Å². The van der Waals surface area contributed by atoms with E-state index in [9.17, 15) is 9.70 Å². The van der Waals surface area contributed by atoms with Crippen LogP contribution < -0.4 is 5.32 Å². The fraction of sp³-hybridized carbons (Fsp3) is 0.111. The first-order chi connectivity index (χ1) is 7.54. The van der Waals surface area contributed by atoms with Crippen molar-refractivity contribution in [1.82, 2.24) is 10.3 Å². The predicted molar refractivity (Wildman–Crippen MR) is 60.2 cm³/mol. The van der Waals surface area contributed by atoms with Crippen LogP contribution in [-0.2, 0) is 0 Å². The van der Waals surface area contributed by atoms with Gasteiger partial charge in [-0.3, -0.25) is 15.5 Å². The van der Waals surface area contributed by atoms with E-state index >= 15 is 0 Å². The average Bonchev–Trinajstić information content (AvgIpc) is 2.28. The van der Waals surface area contributed by atoms with Crippen LogP contribution in [0.1, 0.15) is 10.4 Å². The van der Waals surface area contributed by atoms with E-state index in [2.05, 4.69) is 10.6 Å². The van der Waals surface area contributed by atoms with Gasteiger partial charge in [-0.15, -0.1) is 4.91 Å². The summed E-state index contributed by atoms with van der Waals surface area (Å²) in [6, 6.07) is 6.14. The number of carbonyl (C=O) groups excluding carboxylic acids is 1. The second-order valence-corrected chi connectivity index (χ2v) is 3.35. The molecular formula is C9H9ClN4O2. The molecule has 6 nitrogen and oxygen atoms in total. The van der Waals surface area contributed by atoms with Gasteiger partial charge in [0.2, 0.25) is 5.96 Å². The highest BCUT2D eigenvalue weighted by Crippen LogP contribution is 2.09. The van der Waals surface area contributed by atoms with E-state index in [1.807, 2.05) is 0 Å². The number of hydrogen-bond donors (Lipinski definition) is 2. The molecule has 1 amide bonds. The highest BCUT2D eigenvalue weighted by atomic mass is 35.5. The number of halogens is 1. The van der Waals surface area contributed by atoms with Gasteiger partial charge in [0.15, 0.2) is 0 Å². The molecule has 0 saturated heterocycles. The smallest absolute Gasteiger partial charge is 0.257 e. The van der Waals surface area contributed by atoms with Gasteiger partial charge in [0.1, 0.15) is 0 Å². The lowest BCUT2D eigenvalue weighted by molar-refractivity contribution is 0.0972. The van der Waals surface area contributed by atoms with Crippen LogP contribution in [0, 0.1) is 10.3 Å². The van der Waals surface area contributed by atoms with E-state index in [1.165, 1.54) is 19.2 Å². The van der Waals surface area contributed by atoms with Crippen LogP contribution in [0.15, 0.2) is 29.6 Å². The van der Waals surface area contributed by atoms with Gasteiger partial charge >= 0.3 is 0 Å². The molecule has 0 atom stereocenters. The number of nitrogens with one attached hydrogen (secondary N) is 2. The maximum Gasteiger partial charge on any atom is 0.257 e. The molecule has 1 rings (SSSR count). The quantitative estimate of drug-likeness (QED) is 0.356. The van der Waals surface area contributed by atoms with E-state index in [0.29, 0.717) is 15.6 Å². The van der Waals surface area contributed by atoms with Gasteiger partial charge in [-0.2, -0.15) is 0 Å². The van der Waals surface area contributed by atoms with Crippen LogP contribution in [-0.4, -0.2) is 23.9 Å². The summed E-state index contributed by atoms with van der Waals surface area (Å²) in [5.74, 6) is -0.896. The Morgan fingerprint density at radius 3 is 2.50 bits per heavy atom. The summed E-state index contributed by atoms with van der Waals surface area (Å²) in [6.45, 7) is 0. The molecule has 0 bridgehead atoms. The Bertz CT molecular complexity index is 418. The van der Waals surface area contributed by atoms with E-state index in [-0.39, 0.29) is 0 Å². The molecule has 0 heterocycles. The molecular weight excluding hydrogens is 232 g/mol. The van der Waals surface area contributed by atoms with Crippen LogP contribution in [0.2, 0.25) is 5.02 Å². The molecule has 7 heteroatoms. The second-order valence-electron chi connectivity index (χ2n) is 2.91. The van der Waals surface area contributed by atoms with Gasteiger partial charge in [-0.25, -0.2) is 5.01 Å². The molecule has 0 radical (unpaired) electrons. The second kappa shape index (κ2) is 5.22. The minimum Gasteiger partial charge on any atom is -0.291 e. The standard InChI is InChI=1S/C9H9ClN4O2/c1-14(13-16)9(11)12-8(15)6-2-4-7(10)5-3-6/h2-5H,1H3,(H2,11,12,15). The maximum atomic E-state index is 11.5. The molecule has 1 aromatic carbocycles. The lowest BCUT2D eigenvalue weighted by atomic mass is 10.2. The fourth-order valence-corrected chi connectivity index (χ4v) is 1.03. The molecule has 0 aliphatic carbocycles. The van der Waals surface area contributed by atoms with Crippen molar-refractivity contribution in [3.63, 3.8) is 0 Å². The summed E-state index contributed by atoms with van der Waals surface area (Å²) in [7, 11) is 1.26. The summed E-state index contributed by atoms with van der Waals surface area (Å²) in [5, 5.41) is 13.2. The summed E-state index contributed by atoms with van der Waals surface area (Å²) in [6.07, 6.45) is 0. The molecule has 0 aliphatic heterocycles. The van der Waals surface area contributed by atoms with Crippen molar-refractivity contribution in [3.05, 3.63) is 39.8 Å². The van der Waals surface area contributed by atoms with Gasteiger partial charge in [-0.05, 0) is 24.3 Å². The Morgan fingerprint density at radius 2 is 2.00 bits per heavy atom. The molecule has 84 valence electrons. The van der Waals surface area contributed by atoms with Crippen LogP contribution in [0.25, 0.3) is 0 Å². The topological polar surface area (TPSA) is 85.6 Å². The van der Waals surface area contributed by atoms with Gasteiger partial charge < -0.3 is 0 Å². The summed E-state index contributed by atoms with van der Waals surface area (Å²) < 4.78 is 0. The van der Waals surface area contributed by atoms with Crippen molar-refractivity contribution >= 4 is 23.5 Å². The molecule has 16 heavy (non-hydrogen) atoms. The minimum absolute atomic E-state index is 0.341. The van der Waals surface area contributed by atoms with Crippen molar-refractivity contribution in [2.45, 2.75) is 0 Å². The lowest BCUT2D eigenvalue weighted by Gasteiger charge is -2.10. The molecule has 0 fully saturated rings. The highest BCUT2D eigenvalue weighted by molar-refractivity contribution is 6.30. The fourth-order valence-electron chi connectivity index (χ4n) is 0.903. The SMILES string of the molecule is CN(N=O)C(=N)NC(=O)c1ccc(Cl)cc1. The largest absolute Gasteiger partial charge is 0.291 e. The number of nitrogens with zero attached hydrogens (tertiary/aromatic N) is 2. The first-order valence-electron chi connectivity index (χ1n) is 4.27. The van der Waals surface area contributed by atoms with Gasteiger partial charge in [0, 0.05) is 17.6 Å². The van der Waals surface area contributed by atoms with Crippen LogP contribution in [0.5, 0.6) is 0 Å². The molecule has 0 unspecified atom stereocenters. The number of rotatable bonds is 2. The number of hydrogen-bond acceptors (Lipinski definition) is 4. The van der Waals surface area contributed by atoms with Crippen molar-refractivity contribution in [1.29, 1.82) is 5.41 Å². The van der Waals surface area contributed by atoms with Gasteiger partial charge in [0.25, 0.3) is 5.91 Å². The number of nitroso groups, excluding NO2 is 1. The van der Waals surface area contributed by atoms with Crippen molar-refractivity contribution in [2.24, 2.45) is 5.29 Å². The Balaban J connectivity index is 2.69. The number of amides is 1. The monoisotopic (exact) mass is 240 g/mol. The number of carbonyl (C=O) groups is 1. The first kappa shape index (κ1) is 12.1. The molecule has 0 saturated carbocycles. The minimum atomic E-state index is -0.503. The van der Waals surface area contributed by atoms with Crippen molar-refractivity contribution in [3.8, 4) is 0 Å². The molecule has 0 aliphatic rings. The predicted octanol–water partition coefficient (Wildman–Crippen LogP) is 1.62. The third-order valence-electron chi connectivity index (χ3n) is 1.78. The van der Waals surface area contributed by atoms with E-state index in [1.54, 1.807) is 12.1 Å². The van der Waals surface area contributed by atoms with Gasteiger partial charge in [0.05, 0.1) is 5.29 Å². The highest BCUT2D eigenvalue weighted by Gasteiger charge is 2.10. The van der Waals surface area contributed by atoms with Crippen LogP contribution >= 0.6 is 11.6 Å². The number of guanidine groups is 1. The Hall–Kier alpha value is -1.95. The lowest BCUT2D eigenvalue weighted by Crippen LogP contribution is -2.38. The van der Waals surface area contributed by atoms with Crippen LogP contribution in [0.3, 0.4) is 0 Å². The van der Waals surface area contributed by atoms with Crippen LogP contribution in [0.4, 0.5) is 0 Å². The first-order valence-corrected chi connectivity index (χ1v) is 4.65. The average molecular weight is 241 g/mol. The molecule has 0 spiro atoms. The number of benzene rings is 1. The van der Waals surface area contributed by atoms with Crippen molar-refractivity contribution < 1.29 is 4.79 Å². The normalized spacial score (nSPS) is 9.38. The Labute approximate surface area is 96.7 Å². The third kappa shape index (κ3) is 3.03. The zero-order valence-electron chi connectivity index (χ0n) is 8.40. The molecule has 2 N–H and O–H groups in total.